The maximum absolute atomic E-state index is 13.1. The molecular formula is C24H24N2O5. The van der Waals surface area contributed by atoms with Gasteiger partial charge in [0.1, 0.15) is 0 Å². The van der Waals surface area contributed by atoms with Crippen LogP contribution in [0.25, 0.3) is 0 Å². The average Bonchev–Trinajstić information content (AvgIpc) is 3.33. The average molecular weight is 420 g/mol. The lowest BCUT2D eigenvalue weighted by Crippen LogP contribution is -2.46. The van der Waals surface area contributed by atoms with Crippen LogP contribution < -0.4 is 10.6 Å². The summed E-state index contributed by atoms with van der Waals surface area (Å²) in [6.07, 6.45) is 1.08. The first-order chi connectivity index (χ1) is 15.0. The Hall–Kier alpha value is -3.87. The molecule has 0 aliphatic carbocycles. The van der Waals surface area contributed by atoms with Crippen LogP contribution in [0.3, 0.4) is 0 Å². The molecule has 0 aliphatic heterocycles. The molecule has 31 heavy (non-hydrogen) atoms. The van der Waals surface area contributed by atoms with E-state index in [1.807, 2.05) is 26.0 Å². The van der Waals surface area contributed by atoms with Crippen LogP contribution in [0.4, 0.5) is 5.69 Å². The van der Waals surface area contributed by atoms with Crippen LogP contribution >= 0.6 is 0 Å². The molecule has 0 spiro atoms. The molecule has 0 aliphatic rings. The molecule has 3 rings (SSSR count). The molecule has 1 atom stereocenters. The van der Waals surface area contributed by atoms with E-state index in [0.29, 0.717) is 23.4 Å². The fourth-order valence-electron chi connectivity index (χ4n) is 2.81. The van der Waals surface area contributed by atoms with Gasteiger partial charge >= 0.3 is 5.97 Å². The number of esters is 1. The number of carbonyl (C=O) groups is 3. The summed E-state index contributed by atoms with van der Waals surface area (Å²) < 4.78 is 10.2. The minimum atomic E-state index is -1.04. The van der Waals surface area contributed by atoms with Crippen LogP contribution in [0.5, 0.6) is 0 Å². The van der Waals surface area contributed by atoms with Gasteiger partial charge in [-0.2, -0.15) is 0 Å². The third-order valence-electron chi connectivity index (χ3n) is 4.49. The van der Waals surface area contributed by atoms with Gasteiger partial charge < -0.3 is 19.8 Å². The van der Waals surface area contributed by atoms with Gasteiger partial charge in [-0.1, -0.05) is 36.8 Å². The number of amides is 1. The predicted octanol–water partition coefficient (Wildman–Crippen LogP) is 4.21. The number of hydrogen-bond donors (Lipinski definition) is 2. The summed E-state index contributed by atoms with van der Waals surface area (Å²) >= 11 is 0. The van der Waals surface area contributed by atoms with Crippen LogP contribution in [0.1, 0.15) is 50.2 Å². The second kappa shape index (κ2) is 10.2. The Labute approximate surface area is 180 Å². The summed E-state index contributed by atoms with van der Waals surface area (Å²) in [5.74, 6) is -1.15. The van der Waals surface area contributed by atoms with Crippen molar-refractivity contribution in [2.75, 3.05) is 11.9 Å². The minimum Gasteiger partial charge on any atom is -0.462 e. The van der Waals surface area contributed by atoms with Crippen LogP contribution in [-0.2, 0) is 4.74 Å². The zero-order valence-corrected chi connectivity index (χ0v) is 17.4. The number of anilines is 1. The van der Waals surface area contributed by atoms with Gasteiger partial charge in [0.2, 0.25) is 5.78 Å². The Morgan fingerprint density at radius 1 is 0.968 bits per heavy atom. The molecule has 7 nitrogen and oxygen atoms in total. The second-order valence-corrected chi connectivity index (χ2v) is 6.97. The normalized spacial score (nSPS) is 11.4. The second-order valence-electron chi connectivity index (χ2n) is 6.97. The van der Waals surface area contributed by atoms with E-state index in [-0.39, 0.29) is 11.5 Å². The highest BCUT2D eigenvalue weighted by Gasteiger charge is 2.24. The number of furan rings is 1. The molecule has 160 valence electrons. The van der Waals surface area contributed by atoms with Crippen LogP contribution in [0.15, 0.2) is 71.3 Å². The minimum absolute atomic E-state index is 0.0949. The van der Waals surface area contributed by atoms with Gasteiger partial charge in [-0.05, 0) is 49.7 Å². The van der Waals surface area contributed by atoms with Crippen molar-refractivity contribution in [3.8, 4) is 0 Å². The quantitative estimate of drug-likeness (QED) is 0.306. The molecule has 0 radical (unpaired) electrons. The van der Waals surface area contributed by atoms with Gasteiger partial charge in [0, 0.05) is 11.3 Å². The lowest BCUT2D eigenvalue weighted by Gasteiger charge is -2.20. The van der Waals surface area contributed by atoms with Crippen molar-refractivity contribution in [1.82, 2.24) is 5.32 Å². The molecule has 1 amide bonds. The van der Waals surface area contributed by atoms with E-state index in [2.05, 4.69) is 10.6 Å². The Kier molecular flexibility index (Phi) is 7.22. The molecule has 7 heteroatoms. The molecule has 0 saturated carbocycles. The Morgan fingerprint density at radius 3 is 2.26 bits per heavy atom. The monoisotopic (exact) mass is 420 g/mol. The number of hydrogen-bond acceptors (Lipinski definition) is 6. The van der Waals surface area contributed by atoms with Gasteiger partial charge in [0.05, 0.1) is 18.4 Å². The van der Waals surface area contributed by atoms with Gasteiger partial charge in [-0.25, -0.2) is 4.79 Å². The van der Waals surface area contributed by atoms with Crippen molar-refractivity contribution in [3.63, 3.8) is 0 Å². The number of aryl methyl sites for hydroxylation is 1. The number of ketones is 1. The zero-order valence-electron chi connectivity index (χ0n) is 17.4. The van der Waals surface area contributed by atoms with Crippen LogP contribution in [0, 0.1) is 6.92 Å². The predicted molar refractivity (Wildman–Crippen MR) is 116 cm³/mol. The summed E-state index contributed by atoms with van der Waals surface area (Å²) in [5.41, 5.74) is 2.42. The SMILES string of the molecule is CCCOC(=O)c1ccc(N[C@@H](NC(=O)c2ccco2)C(=O)c2ccc(C)cc2)cc1. The van der Waals surface area contributed by atoms with E-state index in [1.165, 1.54) is 12.3 Å². The molecule has 1 heterocycles. The molecule has 1 aromatic heterocycles. The zero-order chi connectivity index (χ0) is 22.2. The number of carbonyl (C=O) groups excluding carboxylic acids is 3. The summed E-state index contributed by atoms with van der Waals surface area (Å²) in [4.78, 5) is 37.5. The lowest BCUT2D eigenvalue weighted by molar-refractivity contribution is 0.0505. The molecule has 2 N–H and O–H groups in total. The molecule has 0 unspecified atom stereocenters. The van der Waals surface area contributed by atoms with E-state index >= 15 is 0 Å². The molecule has 0 fully saturated rings. The van der Waals surface area contributed by atoms with E-state index in [4.69, 9.17) is 9.15 Å². The number of Topliss-reactive ketones (excluding diaryl/α,β-unsaturated/α-hetero) is 1. The first-order valence-electron chi connectivity index (χ1n) is 9.97. The van der Waals surface area contributed by atoms with Crippen molar-refractivity contribution in [1.29, 1.82) is 0 Å². The van der Waals surface area contributed by atoms with Crippen molar-refractivity contribution >= 4 is 23.3 Å². The van der Waals surface area contributed by atoms with Gasteiger partial charge in [0.15, 0.2) is 11.9 Å². The molecular weight excluding hydrogens is 396 g/mol. The third-order valence-corrected chi connectivity index (χ3v) is 4.49. The maximum atomic E-state index is 13.1. The smallest absolute Gasteiger partial charge is 0.338 e. The highest BCUT2D eigenvalue weighted by atomic mass is 16.5. The number of ether oxygens (including phenoxy) is 1. The molecule has 2 aromatic carbocycles. The molecule has 3 aromatic rings. The summed E-state index contributed by atoms with van der Waals surface area (Å²) in [6.45, 7) is 4.20. The molecule has 0 saturated heterocycles. The van der Waals surface area contributed by atoms with Crippen molar-refractivity contribution in [2.24, 2.45) is 0 Å². The highest BCUT2D eigenvalue weighted by molar-refractivity contribution is 6.04. The number of rotatable bonds is 9. The fraction of sp³-hybridized carbons (Fsp3) is 0.208. The van der Waals surface area contributed by atoms with Gasteiger partial charge in [-0.15, -0.1) is 0 Å². The summed E-state index contributed by atoms with van der Waals surface area (Å²) in [7, 11) is 0. The summed E-state index contributed by atoms with van der Waals surface area (Å²) in [6, 6.07) is 16.7. The van der Waals surface area contributed by atoms with Gasteiger partial charge in [-0.3, -0.25) is 9.59 Å². The molecule has 0 bridgehead atoms. The van der Waals surface area contributed by atoms with E-state index in [9.17, 15) is 14.4 Å². The Balaban J connectivity index is 1.78. The van der Waals surface area contributed by atoms with Crippen molar-refractivity contribution < 1.29 is 23.5 Å². The largest absolute Gasteiger partial charge is 0.462 e. The Bertz CT molecular complexity index is 1020. The van der Waals surface area contributed by atoms with E-state index in [1.54, 1.807) is 42.5 Å². The van der Waals surface area contributed by atoms with Crippen LogP contribution in [-0.4, -0.2) is 30.4 Å². The van der Waals surface area contributed by atoms with Crippen molar-refractivity contribution in [3.05, 3.63) is 89.4 Å². The third kappa shape index (κ3) is 5.82. The van der Waals surface area contributed by atoms with E-state index < -0.39 is 18.0 Å². The maximum Gasteiger partial charge on any atom is 0.338 e. The van der Waals surface area contributed by atoms with Gasteiger partial charge in [0.25, 0.3) is 5.91 Å². The van der Waals surface area contributed by atoms with E-state index in [0.717, 1.165) is 12.0 Å². The Morgan fingerprint density at radius 2 is 1.65 bits per heavy atom. The van der Waals surface area contributed by atoms with Crippen molar-refractivity contribution in [2.45, 2.75) is 26.4 Å². The first kappa shape index (κ1) is 21.8. The first-order valence-corrected chi connectivity index (χ1v) is 9.97. The topological polar surface area (TPSA) is 97.6 Å². The van der Waals surface area contributed by atoms with Crippen LogP contribution in [0.2, 0.25) is 0 Å². The highest BCUT2D eigenvalue weighted by Crippen LogP contribution is 2.14. The fourth-order valence-corrected chi connectivity index (χ4v) is 2.81. The summed E-state index contributed by atoms with van der Waals surface area (Å²) in [5, 5.41) is 5.68. The standard InChI is InChI=1S/C24H24N2O5/c1-3-14-31-24(29)18-10-12-19(13-11-18)25-22(26-23(28)20-5-4-15-30-20)21(27)17-8-6-16(2)7-9-17/h4-13,15,22,25H,3,14H2,1-2H3,(H,26,28)/t22-/m0/s1. The lowest BCUT2D eigenvalue weighted by atomic mass is 10.1. The number of nitrogens with one attached hydrogen (secondary N) is 2. The number of benzene rings is 2.